The van der Waals surface area contributed by atoms with Gasteiger partial charge in [-0.15, -0.1) is 5.10 Å². The van der Waals surface area contributed by atoms with Crippen molar-refractivity contribution in [3.63, 3.8) is 0 Å². The van der Waals surface area contributed by atoms with Crippen molar-refractivity contribution in [3.8, 4) is 0 Å². The number of anilines is 1. The lowest BCUT2D eigenvalue weighted by Gasteiger charge is -2.34. The average Bonchev–Trinajstić information content (AvgIpc) is 3.43. The summed E-state index contributed by atoms with van der Waals surface area (Å²) in [5.74, 6) is -0.603. The van der Waals surface area contributed by atoms with Crippen molar-refractivity contribution in [3.05, 3.63) is 77.6 Å². The molecule has 4 rings (SSSR count). The molecule has 0 unspecified atom stereocenters. The number of halogens is 1. The number of rotatable bonds is 8. The van der Waals surface area contributed by atoms with Gasteiger partial charge in [0.1, 0.15) is 12.1 Å². The van der Waals surface area contributed by atoms with Crippen LogP contribution in [0.2, 0.25) is 5.02 Å². The van der Waals surface area contributed by atoms with Crippen LogP contribution >= 0.6 is 11.6 Å². The molecule has 0 saturated carbocycles. The van der Waals surface area contributed by atoms with Crippen LogP contribution in [0.1, 0.15) is 38.9 Å². The van der Waals surface area contributed by atoms with Gasteiger partial charge in [-0.2, -0.15) is 0 Å². The van der Waals surface area contributed by atoms with E-state index in [-0.39, 0.29) is 18.4 Å². The standard InChI is InChI=1S/C26H29ClN6O2/c1-5-26(2,3)28-25(35)24(22-14-9-15-31(22)4)33(19-11-8-10-18(27)16-19)23(34)17-32-21-13-7-6-12-20(21)29-30-32/h6-16,24H,5,17H2,1-4H3,(H,28,35)/t24-/m0/s1. The molecule has 0 bridgehead atoms. The van der Waals surface area contributed by atoms with Crippen molar-refractivity contribution in [2.45, 2.75) is 45.3 Å². The molecule has 0 aliphatic carbocycles. The predicted octanol–water partition coefficient (Wildman–Crippen LogP) is 4.50. The number of benzene rings is 2. The summed E-state index contributed by atoms with van der Waals surface area (Å²) in [6, 6.07) is 17.2. The number of hydrogen-bond acceptors (Lipinski definition) is 4. The van der Waals surface area contributed by atoms with Crippen LogP contribution in [0, 0.1) is 0 Å². The Morgan fingerprint density at radius 3 is 2.57 bits per heavy atom. The topological polar surface area (TPSA) is 85.0 Å². The zero-order valence-electron chi connectivity index (χ0n) is 20.3. The van der Waals surface area contributed by atoms with E-state index in [9.17, 15) is 9.59 Å². The van der Waals surface area contributed by atoms with Gasteiger partial charge in [-0.3, -0.25) is 14.5 Å². The molecule has 2 amide bonds. The highest BCUT2D eigenvalue weighted by Gasteiger charge is 2.36. The molecule has 182 valence electrons. The van der Waals surface area contributed by atoms with Crippen molar-refractivity contribution >= 4 is 40.1 Å². The highest BCUT2D eigenvalue weighted by Crippen LogP contribution is 2.31. The van der Waals surface area contributed by atoms with Crippen LogP contribution in [0.5, 0.6) is 0 Å². The molecule has 2 heterocycles. The molecule has 8 nitrogen and oxygen atoms in total. The van der Waals surface area contributed by atoms with Gasteiger partial charge in [0.05, 0.1) is 11.2 Å². The fourth-order valence-corrected chi connectivity index (χ4v) is 4.12. The molecule has 9 heteroatoms. The van der Waals surface area contributed by atoms with E-state index in [1.165, 1.54) is 4.90 Å². The van der Waals surface area contributed by atoms with Crippen LogP contribution < -0.4 is 10.2 Å². The summed E-state index contributed by atoms with van der Waals surface area (Å²) in [7, 11) is 1.85. The molecule has 0 aliphatic rings. The number of fused-ring (bicyclic) bond motifs is 1. The number of carbonyl (C=O) groups excluding carboxylic acids is 2. The SMILES string of the molecule is CCC(C)(C)NC(=O)[C@H](c1cccn1C)N(C(=O)Cn1nnc2ccccc21)c1cccc(Cl)c1. The molecule has 2 aromatic heterocycles. The van der Waals surface area contributed by atoms with Gasteiger partial charge in [0.15, 0.2) is 6.04 Å². The first-order chi connectivity index (χ1) is 16.7. The molecular weight excluding hydrogens is 464 g/mol. The molecule has 4 aromatic rings. The minimum absolute atomic E-state index is 0.0988. The molecule has 0 saturated heterocycles. The molecule has 0 spiro atoms. The van der Waals surface area contributed by atoms with Crippen LogP contribution in [0.4, 0.5) is 5.69 Å². The van der Waals surface area contributed by atoms with Crippen molar-refractivity contribution in [1.29, 1.82) is 0 Å². The van der Waals surface area contributed by atoms with E-state index in [4.69, 9.17) is 11.6 Å². The van der Waals surface area contributed by atoms with Gasteiger partial charge in [-0.05, 0) is 62.7 Å². The second-order valence-corrected chi connectivity index (χ2v) is 9.59. The van der Waals surface area contributed by atoms with E-state index >= 15 is 0 Å². The molecule has 35 heavy (non-hydrogen) atoms. The summed E-state index contributed by atoms with van der Waals surface area (Å²) in [6.45, 7) is 5.83. The molecule has 2 aromatic carbocycles. The highest BCUT2D eigenvalue weighted by atomic mass is 35.5. The van der Waals surface area contributed by atoms with Crippen molar-refractivity contribution in [1.82, 2.24) is 24.9 Å². The molecular formula is C26H29ClN6O2. The summed E-state index contributed by atoms with van der Waals surface area (Å²) in [5, 5.41) is 11.9. The molecule has 0 fully saturated rings. The average molecular weight is 493 g/mol. The number of nitrogens with zero attached hydrogens (tertiary/aromatic N) is 5. The summed E-state index contributed by atoms with van der Waals surface area (Å²) >= 11 is 6.31. The summed E-state index contributed by atoms with van der Waals surface area (Å²) in [4.78, 5) is 29.3. The Morgan fingerprint density at radius 2 is 1.89 bits per heavy atom. The number of para-hydroxylation sites is 1. The van der Waals surface area contributed by atoms with Crippen molar-refractivity contribution in [2.75, 3.05) is 4.90 Å². The van der Waals surface area contributed by atoms with Gasteiger partial charge in [-0.25, -0.2) is 4.68 Å². The second kappa shape index (κ2) is 9.92. The molecule has 1 atom stereocenters. The maximum atomic E-state index is 14.0. The molecule has 0 aliphatic heterocycles. The first-order valence-corrected chi connectivity index (χ1v) is 11.9. The first kappa shape index (κ1) is 24.5. The number of carbonyl (C=O) groups is 2. The third-order valence-electron chi connectivity index (χ3n) is 6.18. The summed E-state index contributed by atoms with van der Waals surface area (Å²) in [6.07, 6.45) is 2.58. The van der Waals surface area contributed by atoms with Gasteiger partial charge in [0.25, 0.3) is 0 Å². The monoisotopic (exact) mass is 492 g/mol. The largest absolute Gasteiger partial charge is 0.352 e. The van der Waals surface area contributed by atoms with E-state index in [0.717, 1.165) is 11.9 Å². The van der Waals surface area contributed by atoms with Crippen molar-refractivity contribution in [2.24, 2.45) is 7.05 Å². The number of hydrogen-bond donors (Lipinski definition) is 1. The number of nitrogens with one attached hydrogen (secondary N) is 1. The van der Waals surface area contributed by atoms with E-state index in [0.29, 0.717) is 21.9 Å². The number of aryl methyl sites for hydroxylation is 1. The Bertz CT molecular complexity index is 1360. The fraction of sp³-hybridized carbons (Fsp3) is 0.308. The first-order valence-electron chi connectivity index (χ1n) is 11.5. The minimum atomic E-state index is -0.929. The van der Waals surface area contributed by atoms with Crippen LogP contribution in [0.25, 0.3) is 11.0 Å². The lowest BCUT2D eigenvalue weighted by atomic mass is 10.00. The number of amides is 2. The zero-order chi connectivity index (χ0) is 25.2. The minimum Gasteiger partial charge on any atom is -0.352 e. The number of aromatic nitrogens is 4. The van der Waals surface area contributed by atoms with Gasteiger partial charge < -0.3 is 9.88 Å². The van der Waals surface area contributed by atoms with Gasteiger partial charge >= 0.3 is 0 Å². The molecule has 0 radical (unpaired) electrons. The summed E-state index contributed by atoms with van der Waals surface area (Å²) < 4.78 is 3.39. The second-order valence-electron chi connectivity index (χ2n) is 9.15. The van der Waals surface area contributed by atoms with Crippen LogP contribution in [0.3, 0.4) is 0 Å². The van der Waals surface area contributed by atoms with E-state index < -0.39 is 11.6 Å². The predicted molar refractivity (Wildman–Crippen MR) is 137 cm³/mol. The van der Waals surface area contributed by atoms with E-state index in [1.807, 2.05) is 75.0 Å². The van der Waals surface area contributed by atoms with Crippen LogP contribution in [0.15, 0.2) is 66.9 Å². The quantitative estimate of drug-likeness (QED) is 0.392. The third-order valence-corrected chi connectivity index (χ3v) is 6.41. The Balaban J connectivity index is 1.81. The Morgan fingerprint density at radius 1 is 1.11 bits per heavy atom. The maximum absolute atomic E-state index is 14.0. The Kier molecular flexibility index (Phi) is 6.93. The van der Waals surface area contributed by atoms with Gasteiger partial charge in [-0.1, -0.05) is 41.9 Å². The van der Waals surface area contributed by atoms with Gasteiger partial charge in [0.2, 0.25) is 11.8 Å². The third kappa shape index (κ3) is 5.22. The lowest BCUT2D eigenvalue weighted by Crippen LogP contribution is -2.51. The maximum Gasteiger partial charge on any atom is 0.249 e. The highest BCUT2D eigenvalue weighted by molar-refractivity contribution is 6.31. The Labute approximate surface area is 209 Å². The Hall–Kier alpha value is -3.65. The zero-order valence-corrected chi connectivity index (χ0v) is 21.0. The summed E-state index contributed by atoms with van der Waals surface area (Å²) in [5.41, 5.74) is 2.16. The van der Waals surface area contributed by atoms with E-state index in [2.05, 4.69) is 15.6 Å². The van der Waals surface area contributed by atoms with Crippen LogP contribution in [-0.4, -0.2) is 36.9 Å². The normalized spacial score (nSPS) is 12.5. The van der Waals surface area contributed by atoms with Crippen LogP contribution in [-0.2, 0) is 23.2 Å². The van der Waals surface area contributed by atoms with E-state index in [1.54, 1.807) is 28.9 Å². The van der Waals surface area contributed by atoms with Gasteiger partial charge in [0, 0.05) is 29.5 Å². The van der Waals surface area contributed by atoms with Crippen molar-refractivity contribution < 1.29 is 9.59 Å². The lowest BCUT2D eigenvalue weighted by molar-refractivity contribution is -0.128. The molecule has 1 N–H and O–H groups in total. The smallest absolute Gasteiger partial charge is 0.249 e. The fourth-order valence-electron chi connectivity index (χ4n) is 3.93.